The molecular weight excluding hydrogens is 308 g/mol. The largest absolute Gasteiger partial charge is 0.360 e. The van der Waals surface area contributed by atoms with E-state index in [9.17, 15) is 13.2 Å². The van der Waals surface area contributed by atoms with Crippen LogP contribution in [0.5, 0.6) is 0 Å². The van der Waals surface area contributed by atoms with Crippen molar-refractivity contribution in [3.63, 3.8) is 0 Å². The summed E-state index contributed by atoms with van der Waals surface area (Å²) in [7, 11) is -2.97. The van der Waals surface area contributed by atoms with Crippen LogP contribution < -0.4 is 10.2 Å². The van der Waals surface area contributed by atoms with Crippen molar-refractivity contribution in [3.8, 4) is 0 Å². The molecule has 2 aliphatic rings. The van der Waals surface area contributed by atoms with Gasteiger partial charge in [0.25, 0.3) is 0 Å². The second-order valence-electron chi connectivity index (χ2n) is 5.82. The first kappa shape index (κ1) is 15.1. The van der Waals surface area contributed by atoms with Gasteiger partial charge in [-0.3, -0.25) is 0 Å². The van der Waals surface area contributed by atoms with Crippen LogP contribution in [0.2, 0.25) is 0 Å². The first-order valence-electron chi connectivity index (χ1n) is 7.37. The molecule has 22 heavy (non-hydrogen) atoms. The lowest BCUT2D eigenvalue weighted by Crippen LogP contribution is -2.53. The van der Waals surface area contributed by atoms with Gasteiger partial charge in [-0.1, -0.05) is 5.16 Å². The fourth-order valence-electron chi connectivity index (χ4n) is 2.82. The number of amides is 2. The number of piperazine rings is 1. The maximum Gasteiger partial charge on any atom is 0.317 e. The average molecular weight is 328 g/mol. The van der Waals surface area contributed by atoms with Crippen molar-refractivity contribution in [2.24, 2.45) is 0 Å². The van der Waals surface area contributed by atoms with Crippen LogP contribution in [0, 0.1) is 6.92 Å². The van der Waals surface area contributed by atoms with Crippen LogP contribution in [0.4, 0.5) is 10.6 Å². The third-order valence-corrected chi connectivity index (χ3v) is 5.83. The second-order valence-corrected chi connectivity index (χ2v) is 8.05. The maximum atomic E-state index is 12.2. The molecule has 2 fully saturated rings. The van der Waals surface area contributed by atoms with Crippen molar-refractivity contribution in [1.82, 2.24) is 15.4 Å². The van der Waals surface area contributed by atoms with Crippen LogP contribution in [-0.2, 0) is 9.84 Å². The van der Waals surface area contributed by atoms with Crippen LogP contribution in [0.3, 0.4) is 0 Å². The molecule has 1 N–H and O–H groups in total. The number of carbonyl (C=O) groups excluding carboxylic acids is 1. The second kappa shape index (κ2) is 5.79. The van der Waals surface area contributed by atoms with Gasteiger partial charge >= 0.3 is 6.03 Å². The van der Waals surface area contributed by atoms with E-state index < -0.39 is 9.84 Å². The third kappa shape index (κ3) is 3.34. The van der Waals surface area contributed by atoms with Crippen molar-refractivity contribution in [2.75, 3.05) is 42.6 Å². The highest BCUT2D eigenvalue weighted by atomic mass is 32.2. The van der Waals surface area contributed by atoms with Gasteiger partial charge in [0, 0.05) is 38.3 Å². The molecule has 0 saturated carbocycles. The van der Waals surface area contributed by atoms with Gasteiger partial charge in [-0.15, -0.1) is 0 Å². The Bertz CT molecular complexity index is 649. The fourth-order valence-corrected chi connectivity index (χ4v) is 4.49. The first-order valence-corrected chi connectivity index (χ1v) is 9.19. The van der Waals surface area contributed by atoms with Gasteiger partial charge in [0.1, 0.15) is 5.76 Å². The highest BCUT2D eigenvalue weighted by Crippen LogP contribution is 2.16. The van der Waals surface area contributed by atoms with Gasteiger partial charge in [0.15, 0.2) is 15.7 Å². The van der Waals surface area contributed by atoms with Crippen LogP contribution in [0.1, 0.15) is 12.2 Å². The molecule has 0 aromatic carbocycles. The highest BCUT2D eigenvalue weighted by molar-refractivity contribution is 7.91. The number of nitrogens with zero attached hydrogens (tertiary/aromatic N) is 3. The van der Waals surface area contributed by atoms with Gasteiger partial charge in [0.2, 0.25) is 0 Å². The molecule has 1 aromatic heterocycles. The summed E-state index contributed by atoms with van der Waals surface area (Å²) in [5.41, 5.74) is 0. The summed E-state index contributed by atoms with van der Waals surface area (Å²) in [6, 6.07) is 1.44. The summed E-state index contributed by atoms with van der Waals surface area (Å²) >= 11 is 0. The number of nitrogens with one attached hydrogen (secondary N) is 1. The quantitative estimate of drug-likeness (QED) is 0.821. The summed E-state index contributed by atoms with van der Waals surface area (Å²) < 4.78 is 27.9. The Morgan fingerprint density at radius 1 is 1.36 bits per heavy atom. The molecule has 0 radical (unpaired) electrons. The Morgan fingerprint density at radius 2 is 2.09 bits per heavy atom. The number of urea groups is 1. The highest BCUT2D eigenvalue weighted by Gasteiger charge is 2.31. The van der Waals surface area contributed by atoms with Gasteiger partial charge in [-0.25, -0.2) is 13.2 Å². The molecule has 2 aliphatic heterocycles. The standard InChI is InChI=1S/C13H20N4O4S/c1-10-8-12(15-21-10)16-3-5-17(6-4-16)13(18)14-11-2-7-22(19,20)9-11/h8,11H,2-7,9H2,1H3,(H,14,18). The van der Waals surface area contributed by atoms with Gasteiger partial charge in [-0.2, -0.15) is 0 Å². The van der Waals surface area contributed by atoms with E-state index in [0.29, 0.717) is 32.6 Å². The molecule has 9 heteroatoms. The zero-order chi connectivity index (χ0) is 15.7. The van der Waals surface area contributed by atoms with E-state index in [-0.39, 0.29) is 23.6 Å². The van der Waals surface area contributed by atoms with Crippen molar-refractivity contribution >= 4 is 21.7 Å². The lowest BCUT2D eigenvalue weighted by atomic mass is 10.2. The number of anilines is 1. The Morgan fingerprint density at radius 3 is 2.64 bits per heavy atom. The zero-order valence-corrected chi connectivity index (χ0v) is 13.3. The SMILES string of the molecule is Cc1cc(N2CCN(C(=O)NC3CCS(=O)(=O)C3)CC2)no1. The van der Waals surface area contributed by atoms with Crippen molar-refractivity contribution < 1.29 is 17.7 Å². The van der Waals surface area contributed by atoms with E-state index in [1.807, 2.05) is 13.0 Å². The zero-order valence-electron chi connectivity index (χ0n) is 12.5. The summed E-state index contributed by atoms with van der Waals surface area (Å²) in [6.45, 7) is 4.37. The molecule has 1 aromatic rings. The number of aromatic nitrogens is 1. The minimum atomic E-state index is -2.97. The first-order chi connectivity index (χ1) is 10.4. The van der Waals surface area contributed by atoms with Gasteiger partial charge < -0.3 is 19.6 Å². The van der Waals surface area contributed by atoms with E-state index in [4.69, 9.17) is 4.52 Å². The van der Waals surface area contributed by atoms with Crippen molar-refractivity contribution in [2.45, 2.75) is 19.4 Å². The van der Waals surface area contributed by atoms with Crippen LogP contribution in [0.15, 0.2) is 10.6 Å². The molecule has 0 aliphatic carbocycles. The Kier molecular flexibility index (Phi) is 3.98. The molecule has 2 saturated heterocycles. The fraction of sp³-hybridized carbons (Fsp3) is 0.692. The van der Waals surface area contributed by atoms with Crippen LogP contribution in [0.25, 0.3) is 0 Å². The summed E-state index contributed by atoms with van der Waals surface area (Å²) in [4.78, 5) is 16.0. The average Bonchev–Trinajstić information content (AvgIpc) is 3.05. The number of sulfone groups is 1. The third-order valence-electron chi connectivity index (χ3n) is 4.07. The van der Waals surface area contributed by atoms with E-state index in [0.717, 1.165) is 11.6 Å². The number of carbonyl (C=O) groups is 1. The van der Waals surface area contributed by atoms with Crippen molar-refractivity contribution in [3.05, 3.63) is 11.8 Å². The Hall–Kier alpha value is -1.77. The number of rotatable bonds is 2. The lowest BCUT2D eigenvalue weighted by Gasteiger charge is -2.35. The van der Waals surface area contributed by atoms with Crippen LogP contribution >= 0.6 is 0 Å². The number of hydrogen-bond acceptors (Lipinski definition) is 6. The predicted molar refractivity (Wildman–Crippen MR) is 80.6 cm³/mol. The molecule has 122 valence electrons. The monoisotopic (exact) mass is 328 g/mol. The number of hydrogen-bond donors (Lipinski definition) is 1. The Labute approximate surface area is 129 Å². The lowest BCUT2D eigenvalue weighted by molar-refractivity contribution is 0.191. The topological polar surface area (TPSA) is 95.8 Å². The summed E-state index contributed by atoms with van der Waals surface area (Å²) in [6.07, 6.45) is 0.506. The molecule has 3 heterocycles. The van der Waals surface area contributed by atoms with E-state index in [1.54, 1.807) is 4.90 Å². The predicted octanol–water partition coefficient (Wildman–Crippen LogP) is 0.00172. The molecule has 0 bridgehead atoms. The summed E-state index contributed by atoms with van der Waals surface area (Å²) in [5.74, 6) is 1.77. The smallest absolute Gasteiger partial charge is 0.317 e. The molecule has 1 unspecified atom stereocenters. The maximum absolute atomic E-state index is 12.2. The van der Waals surface area contributed by atoms with Gasteiger partial charge in [-0.05, 0) is 13.3 Å². The minimum absolute atomic E-state index is 0.0525. The normalized spacial score (nSPS) is 24.5. The molecule has 8 nitrogen and oxygen atoms in total. The molecular formula is C13H20N4O4S. The molecule has 2 amide bonds. The van der Waals surface area contributed by atoms with Crippen LogP contribution in [-0.4, -0.2) is 68.2 Å². The Balaban J connectivity index is 1.50. The minimum Gasteiger partial charge on any atom is -0.360 e. The number of aryl methyl sites for hydroxylation is 1. The van der Waals surface area contributed by atoms with E-state index >= 15 is 0 Å². The van der Waals surface area contributed by atoms with E-state index in [1.165, 1.54) is 0 Å². The van der Waals surface area contributed by atoms with Gasteiger partial charge in [0.05, 0.1) is 11.5 Å². The molecule has 1 atom stereocenters. The summed E-state index contributed by atoms with van der Waals surface area (Å²) in [5, 5.41) is 6.79. The molecule has 0 spiro atoms. The van der Waals surface area contributed by atoms with E-state index in [2.05, 4.69) is 15.4 Å². The molecule has 3 rings (SSSR count). The van der Waals surface area contributed by atoms with Crippen molar-refractivity contribution in [1.29, 1.82) is 0 Å².